The number of aromatic nitrogens is 3. The Bertz CT molecular complexity index is 1010. The molecule has 1 aromatic carbocycles. The van der Waals surface area contributed by atoms with Gasteiger partial charge in [0.25, 0.3) is 0 Å². The Morgan fingerprint density at radius 1 is 1.11 bits per heavy atom. The zero-order valence-electron chi connectivity index (χ0n) is 17.8. The van der Waals surface area contributed by atoms with E-state index >= 15 is 0 Å². The predicted octanol–water partition coefficient (Wildman–Crippen LogP) is 5.86. The van der Waals surface area contributed by atoms with E-state index in [1.54, 1.807) is 23.5 Å². The Kier molecular flexibility index (Phi) is 5.13. The van der Waals surface area contributed by atoms with Crippen LogP contribution in [0.25, 0.3) is 16.2 Å². The quantitative estimate of drug-likeness (QED) is 0.586. The monoisotopic (exact) mass is 399 g/mol. The summed E-state index contributed by atoms with van der Waals surface area (Å²) in [4.78, 5) is 22.2. The van der Waals surface area contributed by atoms with E-state index < -0.39 is 5.97 Å². The zero-order chi connectivity index (χ0) is 20.9. The van der Waals surface area contributed by atoms with Crippen LogP contribution >= 0.6 is 11.3 Å². The topological polar surface area (TPSA) is 68.0 Å². The van der Waals surface area contributed by atoms with Crippen LogP contribution in [0.1, 0.15) is 81.1 Å². The molecule has 0 bridgehead atoms. The van der Waals surface area contributed by atoms with Gasteiger partial charge in [-0.2, -0.15) is 0 Å². The number of aromatic carboxylic acids is 1. The molecule has 1 aliphatic carbocycles. The number of benzene rings is 1. The number of thiazole rings is 1. The number of hydrogen-bond donors (Lipinski definition) is 1. The summed E-state index contributed by atoms with van der Waals surface area (Å²) < 4.78 is 2.05. The molecular weight excluding hydrogens is 370 g/mol. The third-order valence-electron chi connectivity index (χ3n) is 5.51. The van der Waals surface area contributed by atoms with Crippen LogP contribution in [0.3, 0.4) is 0 Å². The largest absolute Gasteiger partial charge is 0.478 e. The van der Waals surface area contributed by atoms with Crippen LogP contribution in [0.15, 0.2) is 18.2 Å². The van der Waals surface area contributed by atoms with Crippen molar-refractivity contribution in [1.82, 2.24) is 14.5 Å². The molecule has 0 spiro atoms. The summed E-state index contributed by atoms with van der Waals surface area (Å²) >= 11 is 1.74. The van der Waals surface area contributed by atoms with Crippen LogP contribution in [0.2, 0.25) is 0 Å². The van der Waals surface area contributed by atoms with Gasteiger partial charge in [0.15, 0.2) is 5.13 Å². The minimum atomic E-state index is -0.938. The van der Waals surface area contributed by atoms with E-state index in [-0.39, 0.29) is 16.4 Å². The second-order valence-corrected chi connectivity index (χ2v) is 9.42. The van der Waals surface area contributed by atoms with Crippen LogP contribution in [0, 0.1) is 6.92 Å². The molecular formula is C22H29N3O2S. The van der Waals surface area contributed by atoms with E-state index in [1.807, 2.05) is 26.8 Å². The molecule has 5 nitrogen and oxygen atoms in total. The fraction of sp³-hybridized carbons (Fsp3) is 0.500. The number of fused-ring (bicyclic) bond motifs is 2. The van der Waals surface area contributed by atoms with Crippen molar-refractivity contribution in [3.8, 4) is 5.13 Å². The molecule has 0 aliphatic heterocycles. The van der Waals surface area contributed by atoms with Crippen LogP contribution in [0.5, 0.6) is 0 Å². The van der Waals surface area contributed by atoms with Crippen LogP contribution in [-0.4, -0.2) is 25.6 Å². The van der Waals surface area contributed by atoms with Gasteiger partial charge in [-0.3, -0.25) is 4.57 Å². The summed E-state index contributed by atoms with van der Waals surface area (Å²) in [5.74, 6) is -0.114. The summed E-state index contributed by atoms with van der Waals surface area (Å²) in [7, 11) is 0. The van der Waals surface area contributed by atoms with Gasteiger partial charge in [0.1, 0.15) is 5.82 Å². The summed E-state index contributed by atoms with van der Waals surface area (Å²) in [5, 5.41) is 10.1. The third-order valence-corrected chi connectivity index (χ3v) is 6.91. The molecule has 3 aromatic rings. The molecule has 4 rings (SSSR count). The lowest BCUT2D eigenvalue weighted by atomic mass is 9.69. The lowest BCUT2D eigenvalue weighted by molar-refractivity contribution is 0.0697. The molecule has 1 aliphatic rings. The third kappa shape index (κ3) is 3.24. The number of carbonyl (C=O) groups is 1. The number of carboxylic acids is 1. The molecule has 0 saturated carbocycles. The van der Waals surface area contributed by atoms with Gasteiger partial charge in [0.05, 0.1) is 22.3 Å². The summed E-state index contributed by atoms with van der Waals surface area (Å²) in [6.45, 7) is 15.1. The van der Waals surface area contributed by atoms with Crippen molar-refractivity contribution in [2.75, 3.05) is 0 Å². The first kappa shape index (κ1) is 20.5. The Morgan fingerprint density at radius 2 is 1.75 bits per heavy atom. The van der Waals surface area contributed by atoms with Gasteiger partial charge < -0.3 is 5.11 Å². The number of hydrogen-bond acceptors (Lipinski definition) is 4. The SMILES string of the molecule is CC.Cc1nc2cc(C(=O)O)ccc2n1-c1nc2c(s1)C(C)(C)CCC2(C)C. The zero-order valence-corrected chi connectivity index (χ0v) is 18.6. The lowest BCUT2D eigenvalue weighted by Gasteiger charge is -2.37. The first-order valence-corrected chi connectivity index (χ1v) is 10.7. The second-order valence-electron chi connectivity index (χ2n) is 8.45. The average Bonchev–Trinajstić information content (AvgIpc) is 3.22. The predicted molar refractivity (Wildman–Crippen MR) is 115 cm³/mol. The fourth-order valence-electron chi connectivity index (χ4n) is 3.75. The van der Waals surface area contributed by atoms with Crippen molar-refractivity contribution in [3.05, 3.63) is 40.2 Å². The molecule has 0 fully saturated rings. The highest BCUT2D eigenvalue weighted by atomic mass is 32.1. The fourth-order valence-corrected chi connectivity index (χ4v) is 5.19. The molecule has 0 atom stereocenters. The summed E-state index contributed by atoms with van der Waals surface area (Å²) in [6.07, 6.45) is 2.28. The van der Waals surface area contributed by atoms with E-state index in [0.29, 0.717) is 5.52 Å². The van der Waals surface area contributed by atoms with Crippen LogP contribution < -0.4 is 0 Å². The molecule has 0 amide bonds. The number of nitrogens with zero attached hydrogens (tertiary/aromatic N) is 3. The van der Waals surface area contributed by atoms with Gasteiger partial charge in [-0.15, -0.1) is 11.3 Å². The minimum Gasteiger partial charge on any atom is -0.478 e. The molecule has 1 N–H and O–H groups in total. The molecule has 150 valence electrons. The molecule has 0 saturated heterocycles. The van der Waals surface area contributed by atoms with Crippen molar-refractivity contribution in [3.63, 3.8) is 0 Å². The number of rotatable bonds is 2. The maximum Gasteiger partial charge on any atom is 0.335 e. The smallest absolute Gasteiger partial charge is 0.335 e. The van der Waals surface area contributed by atoms with E-state index in [0.717, 1.165) is 29.3 Å². The summed E-state index contributed by atoms with van der Waals surface area (Å²) in [6, 6.07) is 5.09. The number of carboxylic acid groups (broad SMARTS) is 1. The number of imidazole rings is 1. The minimum absolute atomic E-state index is 0.0698. The van der Waals surface area contributed by atoms with E-state index in [4.69, 9.17) is 4.98 Å². The van der Waals surface area contributed by atoms with Crippen molar-refractivity contribution in [2.45, 2.75) is 72.1 Å². The highest BCUT2D eigenvalue weighted by Gasteiger charge is 2.40. The Morgan fingerprint density at radius 3 is 2.36 bits per heavy atom. The van der Waals surface area contributed by atoms with Gasteiger partial charge in [-0.25, -0.2) is 14.8 Å². The van der Waals surface area contributed by atoms with Gasteiger partial charge >= 0.3 is 5.97 Å². The average molecular weight is 400 g/mol. The van der Waals surface area contributed by atoms with Crippen molar-refractivity contribution >= 4 is 28.3 Å². The maximum atomic E-state index is 11.2. The van der Waals surface area contributed by atoms with Crippen LogP contribution in [0.4, 0.5) is 0 Å². The van der Waals surface area contributed by atoms with E-state index in [9.17, 15) is 9.90 Å². The van der Waals surface area contributed by atoms with Crippen molar-refractivity contribution in [1.29, 1.82) is 0 Å². The second kappa shape index (κ2) is 6.99. The molecule has 2 heterocycles. The van der Waals surface area contributed by atoms with E-state index in [1.165, 1.54) is 10.6 Å². The summed E-state index contributed by atoms with van der Waals surface area (Å²) in [5.41, 5.74) is 3.23. The maximum absolute atomic E-state index is 11.2. The first-order valence-electron chi connectivity index (χ1n) is 9.85. The molecule has 2 aromatic heterocycles. The van der Waals surface area contributed by atoms with Crippen LogP contribution in [-0.2, 0) is 10.8 Å². The lowest BCUT2D eigenvalue weighted by Crippen LogP contribution is -2.32. The first-order chi connectivity index (χ1) is 13.1. The standard InChI is InChI=1S/C20H23N3O2S.C2H6/c1-11-21-13-10-12(17(24)25)6-7-14(13)23(11)18-22-15-16(26-18)20(4,5)9-8-19(15,2)3;1-2/h6-7,10H,8-9H2,1-5H3,(H,24,25);1-2H3. The highest BCUT2D eigenvalue weighted by molar-refractivity contribution is 7.14. The van der Waals surface area contributed by atoms with Gasteiger partial charge in [-0.05, 0) is 38.0 Å². The molecule has 0 unspecified atom stereocenters. The Labute approximate surface area is 170 Å². The Hall–Kier alpha value is -2.21. The molecule has 0 radical (unpaired) electrons. The highest BCUT2D eigenvalue weighted by Crippen LogP contribution is 2.48. The van der Waals surface area contributed by atoms with Crippen molar-refractivity contribution < 1.29 is 9.90 Å². The van der Waals surface area contributed by atoms with Gasteiger partial charge in [0.2, 0.25) is 0 Å². The van der Waals surface area contributed by atoms with Gasteiger partial charge in [-0.1, -0.05) is 41.5 Å². The van der Waals surface area contributed by atoms with E-state index in [2.05, 4.69) is 37.2 Å². The van der Waals surface area contributed by atoms with Crippen molar-refractivity contribution in [2.24, 2.45) is 0 Å². The molecule has 28 heavy (non-hydrogen) atoms. The number of aryl methyl sites for hydroxylation is 1. The molecule has 6 heteroatoms. The van der Waals surface area contributed by atoms with Gasteiger partial charge in [0, 0.05) is 15.7 Å². The Balaban J connectivity index is 0.00000109. The normalized spacial score (nSPS) is 17.0.